The third kappa shape index (κ3) is 4.92. The standard InChI is InChI=1S/C22H16F3N5O3/c1-26-20(31)18-11-15(7-8-27-18)33-14-4-2-3-13(10-14)28-21(32)19-29-16-6-5-12(22(23,24)25)9-17(16)30-19/h2-11H,1H3,(H,26,31)(H,28,32)(H,29,30). The number of anilines is 1. The Bertz CT molecular complexity index is 1350. The number of imidazole rings is 1. The largest absolute Gasteiger partial charge is 0.457 e. The molecular formula is C22H16F3N5O3. The van der Waals surface area contributed by atoms with Crippen molar-refractivity contribution < 1.29 is 27.5 Å². The number of aromatic nitrogens is 3. The zero-order valence-electron chi connectivity index (χ0n) is 17.0. The molecule has 2 amide bonds. The molecule has 0 aliphatic heterocycles. The van der Waals surface area contributed by atoms with Crippen LogP contribution in [0.3, 0.4) is 0 Å². The Balaban J connectivity index is 1.50. The van der Waals surface area contributed by atoms with Gasteiger partial charge in [0.2, 0.25) is 0 Å². The van der Waals surface area contributed by atoms with Crippen molar-refractivity contribution in [1.29, 1.82) is 0 Å². The number of benzene rings is 2. The monoisotopic (exact) mass is 455 g/mol. The minimum atomic E-state index is -4.50. The van der Waals surface area contributed by atoms with Gasteiger partial charge in [-0.05, 0) is 36.4 Å². The number of ether oxygens (including phenoxy) is 1. The molecule has 168 valence electrons. The SMILES string of the molecule is CNC(=O)c1cc(Oc2cccc(NC(=O)c3nc4ccc(C(F)(F)F)cc4[nH]3)c2)ccn1. The summed E-state index contributed by atoms with van der Waals surface area (Å²) >= 11 is 0. The summed E-state index contributed by atoms with van der Waals surface area (Å²) in [4.78, 5) is 34.9. The molecule has 11 heteroatoms. The first-order chi connectivity index (χ1) is 15.7. The fourth-order valence-electron chi connectivity index (χ4n) is 2.98. The van der Waals surface area contributed by atoms with E-state index < -0.39 is 17.6 Å². The topological polar surface area (TPSA) is 109 Å². The van der Waals surface area contributed by atoms with Crippen molar-refractivity contribution in [2.75, 3.05) is 12.4 Å². The van der Waals surface area contributed by atoms with Crippen molar-refractivity contribution in [1.82, 2.24) is 20.3 Å². The predicted octanol–water partition coefficient (Wildman–Crippen LogP) is 4.38. The van der Waals surface area contributed by atoms with Crippen LogP contribution in [0.15, 0.2) is 60.8 Å². The first-order valence-electron chi connectivity index (χ1n) is 9.57. The summed E-state index contributed by atoms with van der Waals surface area (Å²) in [5, 5.41) is 5.09. The smallest absolute Gasteiger partial charge is 0.416 e. The van der Waals surface area contributed by atoms with Crippen LogP contribution in [0.4, 0.5) is 18.9 Å². The Kier molecular flexibility index (Phi) is 5.69. The fourth-order valence-corrected chi connectivity index (χ4v) is 2.98. The van der Waals surface area contributed by atoms with Crippen LogP contribution in [0.25, 0.3) is 11.0 Å². The summed E-state index contributed by atoms with van der Waals surface area (Å²) in [5.74, 6) is -0.400. The molecule has 0 unspecified atom stereocenters. The van der Waals surface area contributed by atoms with Crippen molar-refractivity contribution in [3.8, 4) is 11.5 Å². The van der Waals surface area contributed by atoms with E-state index >= 15 is 0 Å². The zero-order chi connectivity index (χ0) is 23.6. The maximum absolute atomic E-state index is 12.9. The molecule has 0 saturated heterocycles. The maximum Gasteiger partial charge on any atom is 0.416 e. The molecular weight excluding hydrogens is 439 g/mol. The Labute approximate surface area is 184 Å². The number of aromatic amines is 1. The lowest BCUT2D eigenvalue weighted by atomic mass is 10.2. The highest BCUT2D eigenvalue weighted by molar-refractivity contribution is 6.03. The molecule has 2 heterocycles. The molecule has 2 aromatic carbocycles. The van der Waals surface area contributed by atoms with Gasteiger partial charge < -0.3 is 20.4 Å². The number of H-pyrrole nitrogens is 1. The van der Waals surface area contributed by atoms with Crippen LogP contribution in [0, 0.1) is 0 Å². The normalized spacial score (nSPS) is 11.3. The van der Waals surface area contributed by atoms with Crippen LogP contribution in [-0.2, 0) is 6.18 Å². The number of alkyl halides is 3. The Morgan fingerprint density at radius 2 is 1.79 bits per heavy atom. The second kappa shape index (κ2) is 8.61. The molecule has 33 heavy (non-hydrogen) atoms. The van der Waals surface area contributed by atoms with E-state index in [1.54, 1.807) is 30.3 Å². The van der Waals surface area contributed by atoms with E-state index in [1.165, 1.54) is 25.4 Å². The second-order valence-electron chi connectivity index (χ2n) is 6.86. The molecule has 0 saturated carbocycles. The van der Waals surface area contributed by atoms with Gasteiger partial charge >= 0.3 is 6.18 Å². The Morgan fingerprint density at radius 3 is 2.55 bits per heavy atom. The van der Waals surface area contributed by atoms with Gasteiger partial charge in [-0.2, -0.15) is 13.2 Å². The van der Waals surface area contributed by atoms with E-state index in [1.807, 2.05) is 0 Å². The summed E-state index contributed by atoms with van der Waals surface area (Å²) in [5.41, 5.74) is 0.0326. The van der Waals surface area contributed by atoms with Crippen LogP contribution in [0.1, 0.15) is 26.7 Å². The van der Waals surface area contributed by atoms with Gasteiger partial charge in [0.1, 0.15) is 17.2 Å². The van der Waals surface area contributed by atoms with Gasteiger partial charge in [-0.3, -0.25) is 14.6 Å². The summed E-state index contributed by atoms with van der Waals surface area (Å²) in [6.45, 7) is 0. The highest BCUT2D eigenvalue weighted by Crippen LogP contribution is 2.31. The molecule has 4 rings (SSSR count). The molecule has 0 radical (unpaired) electrons. The van der Waals surface area contributed by atoms with E-state index in [9.17, 15) is 22.8 Å². The summed E-state index contributed by atoms with van der Waals surface area (Å²) < 4.78 is 44.4. The molecule has 4 aromatic rings. The van der Waals surface area contributed by atoms with Gasteiger partial charge in [0.15, 0.2) is 5.82 Å². The lowest BCUT2D eigenvalue weighted by Gasteiger charge is -2.09. The first kappa shape index (κ1) is 21.8. The number of carbonyl (C=O) groups is 2. The van der Waals surface area contributed by atoms with E-state index in [0.717, 1.165) is 12.1 Å². The molecule has 8 nitrogen and oxygen atoms in total. The molecule has 0 atom stereocenters. The molecule has 0 bridgehead atoms. The van der Waals surface area contributed by atoms with E-state index in [4.69, 9.17) is 4.74 Å². The van der Waals surface area contributed by atoms with Gasteiger partial charge in [0.25, 0.3) is 11.8 Å². The third-order valence-electron chi connectivity index (χ3n) is 4.54. The Morgan fingerprint density at radius 1 is 1.00 bits per heavy atom. The van der Waals surface area contributed by atoms with Crippen LogP contribution in [0.2, 0.25) is 0 Å². The minimum absolute atomic E-state index is 0.0941. The molecule has 0 fully saturated rings. The molecule has 3 N–H and O–H groups in total. The number of nitrogens with one attached hydrogen (secondary N) is 3. The zero-order valence-corrected chi connectivity index (χ0v) is 17.0. The quantitative estimate of drug-likeness (QED) is 0.414. The van der Waals surface area contributed by atoms with E-state index in [0.29, 0.717) is 17.2 Å². The van der Waals surface area contributed by atoms with Gasteiger partial charge in [0.05, 0.1) is 16.6 Å². The number of pyridine rings is 1. The van der Waals surface area contributed by atoms with E-state index in [2.05, 4.69) is 25.6 Å². The first-order valence-corrected chi connectivity index (χ1v) is 9.57. The number of carbonyl (C=O) groups excluding carboxylic acids is 2. The fraction of sp³-hybridized carbons (Fsp3) is 0.0909. The van der Waals surface area contributed by atoms with Crippen LogP contribution in [-0.4, -0.2) is 33.8 Å². The summed E-state index contributed by atoms with van der Waals surface area (Å²) in [6, 6.07) is 12.5. The molecule has 0 aliphatic rings. The number of hydrogen-bond acceptors (Lipinski definition) is 5. The average molecular weight is 455 g/mol. The number of rotatable bonds is 5. The van der Waals surface area contributed by atoms with Gasteiger partial charge in [-0.1, -0.05) is 6.07 Å². The lowest BCUT2D eigenvalue weighted by Crippen LogP contribution is -2.18. The van der Waals surface area contributed by atoms with Gasteiger partial charge in [-0.25, -0.2) is 4.98 Å². The number of nitrogens with zero attached hydrogens (tertiary/aromatic N) is 2. The number of hydrogen-bond donors (Lipinski definition) is 3. The second-order valence-corrected chi connectivity index (χ2v) is 6.86. The van der Waals surface area contributed by atoms with Crippen molar-refractivity contribution in [3.05, 3.63) is 77.9 Å². The number of halogens is 3. The summed E-state index contributed by atoms with van der Waals surface area (Å²) in [6.07, 6.45) is -3.07. The highest BCUT2D eigenvalue weighted by Gasteiger charge is 2.30. The highest BCUT2D eigenvalue weighted by atomic mass is 19.4. The predicted molar refractivity (Wildman–Crippen MR) is 113 cm³/mol. The van der Waals surface area contributed by atoms with Gasteiger partial charge in [0, 0.05) is 31.1 Å². The van der Waals surface area contributed by atoms with Crippen molar-refractivity contribution in [3.63, 3.8) is 0 Å². The minimum Gasteiger partial charge on any atom is -0.457 e. The lowest BCUT2D eigenvalue weighted by molar-refractivity contribution is -0.137. The van der Waals surface area contributed by atoms with E-state index in [-0.39, 0.29) is 28.5 Å². The van der Waals surface area contributed by atoms with Gasteiger partial charge in [-0.15, -0.1) is 0 Å². The third-order valence-corrected chi connectivity index (χ3v) is 4.54. The number of amides is 2. The van der Waals surface area contributed by atoms with Crippen molar-refractivity contribution >= 4 is 28.5 Å². The van der Waals surface area contributed by atoms with Crippen LogP contribution < -0.4 is 15.4 Å². The molecule has 0 spiro atoms. The maximum atomic E-state index is 12.9. The average Bonchev–Trinajstić information content (AvgIpc) is 3.22. The molecule has 2 aromatic heterocycles. The van der Waals surface area contributed by atoms with Crippen LogP contribution >= 0.6 is 0 Å². The Hall–Kier alpha value is -4.41. The van der Waals surface area contributed by atoms with Crippen molar-refractivity contribution in [2.24, 2.45) is 0 Å². The van der Waals surface area contributed by atoms with Crippen LogP contribution in [0.5, 0.6) is 11.5 Å². The van der Waals surface area contributed by atoms with Crippen molar-refractivity contribution in [2.45, 2.75) is 6.18 Å². The molecule has 0 aliphatic carbocycles. The number of fused-ring (bicyclic) bond motifs is 1. The summed E-state index contributed by atoms with van der Waals surface area (Å²) in [7, 11) is 1.49.